The molecule has 5 heteroatoms. The summed E-state index contributed by atoms with van der Waals surface area (Å²) in [6, 6.07) is 0. The summed E-state index contributed by atoms with van der Waals surface area (Å²) in [5.41, 5.74) is 0.913. The SMILES string of the molecule is C[C@H]1CC[C@H]2[C@@H]3CC[C@@H]4C[C@H](OP(=O)(O)O)CC[C@]4(C)[C@H]3CC[C@]12C. The largest absolute Gasteiger partial charge is 0.469 e. The van der Waals surface area contributed by atoms with Crippen molar-refractivity contribution in [2.24, 2.45) is 40.4 Å². The predicted octanol–water partition coefficient (Wildman–Crippen LogP) is 5.14. The smallest absolute Gasteiger partial charge is 0.303 e. The molecule has 144 valence electrons. The van der Waals surface area contributed by atoms with Crippen LogP contribution in [0.1, 0.15) is 78.6 Å². The number of fused-ring (bicyclic) bond motifs is 5. The van der Waals surface area contributed by atoms with Crippen LogP contribution in [0, 0.1) is 40.4 Å². The number of hydrogen-bond acceptors (Lipinski definition) is 2. The first kappa shape index (κ1) is 18.5. The van der Waals surface area contributed by atoms with Crippen molar-refractivity contribution in [2.45, 2.75) is 84.7 Å². The van der Waals surface area contributed by atoms with Crippen molar-refractivity contribution >= 4 is 7.82 Å². The fourth-order valence-electron chi connectivity index (χ4n) is 7.77. The maximum Gasteiger partial charge on any atom is 0.469 e. The highest BCUT2D eigenvalue weighted by molar-refractivity contribution is 7.46. The van der Waals surface area contributed by atoms with Crippen LogP contribution in [0.15, 0.2) is 0 Å². The van der Waals surface area contributed by atoms with E-state index in [-0.39, 0.29) is 6.10 Å². The summed E-state index contributed by atoms with van der Waals surface area (Å²) in [5.74, 6) is 4.04. The fraction of sp³-hybridized carbons (Fsp3) is 1.00. The third kappa shape index (κ3) is 2.96. The molecule has 4 rings (SSSR count). The molecule has 0 bridgehead atoms. The van der Waals surface area contributed by atoms with Crippen LogP contribution in [0.3, 0.4) is 0 Å². The molecule has 4 aliphatic rings. The number of phosphoric ester groups is 1. The molecule has 2 N–H and O–H groups in total. The maximum absolute atomic E-state index is 11.2. The van der Waals surface area contributed by atoms with E-state index in [0.717, 1.165) is 42.9 Å². The first-order valence-electron chi connectivity index (χ1n) is 10.4. The Kier molecular flexibility index (Phi) is 4.47. The lowest BCUT2D eigenvalue weighted by molar-refractivity contribution is -0.124. The van der Waals surface area contributed by atoms with Crippen LogP contribution < -0.4 is 0 Å². The van der Waals surface area contributed by atoms with Crippen LogP contribution in [0.5, 0.6) is 0 Å². The molecule has 4 aliphatic carbocycles. The second-order valence-electron chi connectivity index (χ2n) is 10.2. The van der Waals surface area contributed by atoms with Crippen LogP contribution in [-0.4, -0.2) is 15.9 Å². The molecular weight excluding hydrogens is 335 g/mol. The van der Waals surface area contributed by atoms with E-state index < -0.39 is 7.82 Å². The summed E-state index contributed by atoms with van der Waals surface area (Å²) in [6.07, 6.45) is 10.6. The second kappa shape index (κ2) is 6.06. The highest BCUT2D eigenvalue weighted by atomic mass is 31.2. The Labute approximate surface area is 152 Å². The Morgan fingerprint density at radius 1 is 0.920 bits per heavy atom. The van der Waals surface area contributed by atoms with Crippen molar-refractivity contribution in [1.29, 1.82) is 0 Å². The predicted molar refractivity (Wildman–Crippen MR) is 97.8 cm³/mol. The quantitative estimate of drug-likeness (QED) is 0.660. The van der Waals surface area contributed by atoms with E-state index in [2.05, 4.69) is 20.8 Å². The summed E-state index contributed by atoms with van der Waals surface area (Å²) < 4.78 is 16.3. The van der Waals surface area contributed by atoms with Crippen LogP contribution >= 0.6 is 7.82 Å². The van der Waals surface area contributed by atoms with Crippen molar-refractivity contribution in [2.75, 3.05) is 0 Å². The molecule has 4 nitrogen and oxygen atoms in total. The maximum atomic E-state index is 11.2. The Bertz CT molecular complexity index is 574. The van der Waals surface area contributed by atoms with Gasteiger partial charge in [0.2, 0.25) is 0 Å². The lowest BCUT2D eigenvalue weighted by atomic mass is 9.45. The number of hydrogen-bond donors (Lipinski definition) is 2. The van der Waals surface area contributed by atoms with E-state index in [1.165, 1.54) is 38.5 Å². The van der Waals surface area contributed by atoms with Gasteiger partial charge >= 0.3 is 7.82 Å². The molecule has 0 aliphatic heterocycles. The lowest BCUT2D eigenvalue weighted by Gasteiger charge is -2.61. The van der Waals surface area contributed by atoms with Gasteiger partial charge in [0.1, 0.15) is 0 Å². The van der Waals surface area contributed by atoms with Crippen molar-refractivity contribution < 1.29 is 18.9 Å². The van der Waals surface area contributed by atoms with Crippen molar-refractivity contribution in [3.63, 3.8) is 0 Å². The molecule has 0 unspecified atom stereocenters. The minimum absolute atomic E-state index is 0.254. The summed E-state index contributed by atoms with van der Waals surface area (Å²) >= 11 is 0. The highest BCUT2D eigenvalue weighted by Crippen LogP contribution is 2.67. The van der Waals surface area contributed by atoms with E-state index >= 15 is 0 Å². The molecular formula is C20H35O4P. The van der Waals surface area contributed by atoms with Gasteiger partial charge in [0, 0.05) is 0 Å². The third-order valence-corrected chi connectivity index (χ3v) is 9.95. The first-order valence-corrected chi connectivity index (χ1v) is 11.9. The third-order valence-electron chi connectivity index (χ3n) is 9.38. The molecule has 0 amide bonds. The Morgan fingerprint density at radius 3 is 2.32 bits per heavy atom. The van der Waals surface area contributed by atoms with Gasteiger partial charge in [0.25, 0.3) is 0 Å². The Balaban J connectivity index is 1.52. The molecule has 0 aromatic heterocycles. The highest BCUT2D eigenvalue weighted by Gasteiger charge is 2.59. The Morgan fingerprint density at radius 2 is 1.60 bits per heavy atom. The number of phosphoric acid groups is 1. The second-order valence-corrected chi connectivity index (χ2v) is 11.4. The average molecular weight is 370 g/mol. The standard InChI is InChI=1S/C20H35O4P/c1-13-4-7-17-16-6-5-14-12-15(24-25(21,22)23)8-10-20(14,3)18(16)9-11-19(13,17)2/h13-18H,4-12H2,1-3H3,(H2,21,22,23)/t13-,14+,15+,16-,17-,18-,19+,20-/m0/s1. The van der Waals surface area contributed by atoms with E-state index in [1.54, 1.807) is 0 Å². The van der Waals surface area contributed by atoms with Gasteiger partial charge in [0.05, 0.1) is 6.10 Å². The van der Waals surface area contributed by atoms with Crippen molar-refractivity contribution in [3.05, 3.63) is 0 Å². The van der Waals surface area contributed by atoms with E-state index in [0.29, 0.717) is 16.7 Å². The van der Waals surface area contributed by atoms with Crippen LogP contribution in [0.4, 0.5) is 0 Å². The van der Waals surface area contributed by atoms with Crippen molar-refractivity contribution in [1.82, 2.24) is 0 Å². The van der Waals surface area contributed by atoms with Gasteiger partial charge in [-0.1, -0.05) is 20.8 Å². The van der Waals surface area contributed by atoms with Gasteiger partial charge < -0.3 is 9.79 Å². The van der Waals surface area contributed by atoms with Crippen LogP contribution in [0.2, 0.25) is 0 Å². The van der Waals surface area contributed by atoms with Crippen LogP contribution in [-0.2, 0) is 9.09 Å². The average Bonchev–Trinajstić information content (AvgIpc) is 2.82. The summed E-state index contributed by atoms with van der Waals surface area (Å²) in [4.78, 5) is 18.3. The molecule has 8 atom stereocenters. The lowest BCUT2D eigenvalue weighted by Crippen LogP contribution is -2.53. The minimum Gasteiger partial charge on any atom is -0.303 e. The molecule has 25 heavy (non-hydrogen) atoms. The van der Waals surface area contributed by atoms with Gasteiger partial charge in [0.15, 0.2) is 0 Å². The summed E-state index contributed by atoms with van der Waals surface area (Å²) in [7, 11) is -4.36. The molecule has 0 aromatic carbocycles. The zero-order chi connectivity index (χ0) is 18.0. The fourth-order valence-corrected chi connectivity index (χ4v) is 8.35. The van der Waals surface area contributed by atoms with Gasteiger partial charge in [-0.05, 0) is 98.2 Å². The first-order chi connectivity index (χ1) is 11.6. The molecule has 0 spiro atoms. The van der Waals surface area contributed by atoms with Gasteiger partial charge in [-0.2, -0.15) is 0 Å². The zero-order valence-corrected chi connectivity index (χ0v) is 16.9. The molecule has 0 aromatic rings. The van der Waals surface area contributed by atoms with E-state index in [9.17, 15) is 4.57 Å². The molecule has 0 radical (unpaired) electrons. The summed E-state index contributed by atoms with van der Waals surface area (Å²) in [6.45, 7) is 7.52. The van der Waals surface area contributed by atoms with Gasteiger partial charge in [-0.3, -0.25) is 4.52 Å². The number of rotatable bonds is 2. The Hall–Kier alpha value is 0.110. The molecule has 4 saturated carbocycles. The zero-order valence-electron chi connectivity index (χ0n) is 16.0. The molecule has 0 saturated heterocycles. The van der Waals surface area contributed by atoms with E-state index in [1.807, 2.05) is 0 Å². The topological polar surface area (TPSA) is 66.8 Å². The monoisotopic (exact) mass is 370 g/mol. The molecule has 4 fully saturated rings. The van der Waals surface area contributed by atoms with Gasteiger partial charge in [-0.15, -0.1) is 0 Å². The van der Waals surface area contributed by atoms with Gasteiger partial charge in [-0.25, -0.2) is 4.57 Å². The summed E-state index contributed by atoms with van der Waals surface area (Å²) in [5, 5.41) is 0. The van der Waals surface area contributed by atoms with Crippen LogP contribution in [0.25, 0.3) is 0 Å². The van der Waals surface area contributed by atoms with Crippen molar-refractivity contribution in [3.8, 4) is 0 Å². The normalized spacial score (nSPS) is 53.0. The minimum atomic E-state index is -4.36. The van der Waals surface area contributed by atoms with E-state index in [4.69, 9.17) is 14.3 Å². The molecule has 0 heterocycles.